The van der Waals surface area contributed by atoms with Gasteiger partial charge in [0, 0.05) is 19.0 Å². The molecule has 0 aromatic rings. The fraction of sp³-hybridized carbons (Fsp3) is 0.909. The van der Waals surface area contributed by atoms with Crippen LogP contribution in [-0.2, 0) is 4.79 Å². The molecule has 0 bridgehead atoms. The van der Waals surface area contributed by atoms with Crippen LogP contribution in [0.4, 0.5) is 0 Å². The summed E-state index contributed by atoms with van der Waals surface area (Å²) >= 11 is 0. The van der Waals surface area contributed by atoms with Gasteiger partial charge < -0.3 is 5.32 Å². The summed E-state index contributed by atoms with van der Waals surface area (Å²) in [6.07, 6.45) is 0.984. The number of hydrazine groups is 1. The molecule has 0 aromatic heterocycles. The van der Waals surface area contributed by atoms with Crippen LogP contribution in [0.25, 0.3) is 0 Å². The Bertz CT molecular complexity index is 259. The molecule has 15 heavy (non-hydrogen) atoms. The topological polar surface area (TPSA) is 44.4 Å². The van der Waals surface area contributed by atoms with Gasteiger partial charge in [0.2, 0.25) is 5.91 Å². The first-order chi connectivity index (χ1) is 7.00. The number of carbonyl (C=O) groups is 1. The smallest absolute Gasteiger partial charge is 0.240 e. The molecular weight excluding hydrogens is 190 g/mol. The minimum Gasteiger partial charge on any atom is -0.316 e. The maximum Gasteiger partial charge on any atom is 0.240 e. The Labute approximate surface area is 91.4 Å². The van der Waals surface area contributed by atoms with Crippen LogP contribution in [0.2, 0.25) is 0 Å². The zero-order valence-corrected chi connectivity index (χ0v) is 9.84. The van der Waals surface area contributed by atoms with Crippen molar-refractivity contribution in [2.75, 3.05) is 19.6 Å². The first kappa shape index (κ1) is 10.9. The minimum atomic E-state index is -0.118. The molecule has 86 valence electrons. The van der Waals surface area contributed by atoms with E-state index in [4.69, 9.17) is 0 Å². The Kier molecular flexibility index (Phi) is 2.73. The third-order valence-electron chi connectivity index (χ3n) is 3.33. The van der Waals surface area contributed by atoms with E-state index < -0.39 is 0 Å². The highest BCUT2D eigenvalue weighted by atomic mass is 16.2. The number of nitrogens with zero attached hydrogens (tertiary/aromatic N) is 1. The van der Waals surface area contributed by atoms with Crippen molar-refractivity contribution in [1.29, 1.82) is 0 Å². The number of fused-ring (bicyclic) bond motifs is 1. The molecule has 0 saturated carbocycles. The average Bonchev–Trinajstić information content (AvgIpc) is 2.16. The van der Waals surface area contributed by atoms with Crippen molar-refractivity contribution in [3.05, 3.63) is 0 Å². The van der Waals surface area contributed by atoms with Gasteiger partial charge in [-0.05, 0) is 39.7 Å². The fourth-order valence-electron chi connectivity index (χ4n) is 2.48. The highest BCUT2D eigenvalue weighted by Crippen LogP contribution is 2.27. The molecule has 2 atom stereocenters. The zero-order chi connectivity index (χ0) is 11.1. The fourth-order valence-corrected chi connectivity index (χ4v) is 2.48. The van der Waals surface area contributed by atoms with Gasteiger partial charge in [-0.1, -0.05) is 0 Å². The summed E-state index contributed by atoms with van der Waals surface area (Å²) in [4.78, 5) is 12.2. The summed E-state index contributed by atoms with van der Waals surface area (Å²) in [5, 5.41) is 5.17. The molecule has 4 nitrogen and oxygen atoms in total. The Balaban J connectivity index is 2.11. The number of piperidine rings is 1. The van der Waals surface area contributed by atoms with E-state index in [1.807, 2.05) is 5.01 Å². The second-order valence-corrected chi connectivity index (χ2v) is 5.57. The summed E-state index contributed by atoms with van der Waals surface area (Å²) in [6.45, 7) is 9.07. The second kappa shape index (κ2) is 3.76. The van der Waals surface area contributed by atoms with E-state index in [-0.39, 0.29) is 17.4 Å². The van der Waals surface area contributed by atoms with E-state index in [0.29, 0.717) is 5.92 Å². The predicted molar refractivity (Wildman–Crippen MR) is 59.1 cm³/mol. The Morgan fingerprint density at radius 3 is 2.73 bits per heavy atom. The van der Waals surface area contributed by atoms with Crippen molar-refractivity contribution in [3.63, 3.8) is 0 Å². The highest BCUT2D eigenvalue weighted by molar-refractivity contribution is 5.80. The SMILES string of the molecule is CC(C)(C)N1NCC2CNCCC2C1=O. The van der Waals surface area contributed by atoms with Crippen molar-refractivity contribution in [2.45, 2.75) is 32.7 Å². The van der Waals surface area contributed by atoms with Gasteiger partial charge in [0.05, 0.1) is 5.54 Å². The minimum absolute atomic E-state index is 0.118. The molecule has 0 aliphatic carbocycles. The van der Waals surface area contributed by atoms with Gasteiger partial charge in [0.15, 0.2) is 0 Å². The maximum atomic E-state index is 12.2. The number of hydrogen-bond acceptors (Lipinski definition) is 3. The molecule has 2 aliphatic rings. The van der Waals surface area contributed by atoms with Gasteiger partial charge in [-0.3, -0.25) is 9.80 Å². The molecular formula is C11H21N3O. The molecule has 1 amide bonds. The number of carbonyl (C=O) groups excluding carboxylic acids is 1. The highest BCUT2D eigenvalue weighted by Gasteiger charge is 2.41. The van der Waals surface area contributed by atoms with Crippen LogP contribution >= 0.6 is 0 Å². The standard InChI is InChI=1S/C11H21N3O/c1-11(2,3)14-10(15)9-4-5-12-6-8(9)7-13-14/h8-9,12-13H,4-7H2,1-3H3. The van der Waals surface area contributed by atoms with E-state index in [2.05, 4.69) is 31.5 Å². The summed E-state index contributed by atoms with van der Waals surface area (Å²) in [7, 11) is 0. The number of rotatable bonds is 0. The number of nitrogens with one attached hydrogen (secondary N) is 2. The van der Waals surface area contributed by atoms with Gasteiger partial charge in [0.1, 0.15) is 0 Å². The van der Waals surface area contributed by atoms with Crippen LogP contribution in [-0.4, -0.2) is 36.1 Å². The van der Waals surface area contributed by atoms with E-state index in [1.54, 1.807) is 0 Å². The molecule has 2 N–H and O–H groups in total. The molecule has 2 unspecified atom stereocenters. The van der Waals surface area contributed by atoms with Crippen LogP contribution in [0.5, 0.6) is 0 Å². The first-order valence-corrected chi connectivity index (χ1v) is 5.78. The zero-order valence-electron chi connectivity index (χ0n) is 9.84. The summed E-state index contributed by atoms with van der Waals surface area (Å²) < 4.78 is 0. The second-order valence-electron chi connectivity index (χ2n) is 5.57. The van der Waals surface area contributed by atoms with Gasteiger partial charge in [-0.15, -0.1) is 0 Å². The lowest BCUT2D eigenvalue weighted by atomic mass is 9.83. The maximum absolute atomic E-state index is 12.2. The van der Waals surface area contributed by atoms with E-state index in [9.17, 15) is 4.79 Å². The molecule has 2 aliphatic heterocycles. The van der Waals surface area contributed by atoms with Gasteiger partial charge in [-0.2, -0.15) is 0 Å². The normalized spacial score (nSPS) is 32.7. The van der Waals surface area contributed by atoms with Crippen LogP contribution in [0.1, 0.15) is 27.2 Å². The van der Waals surface area contributed by atoms with E-state index in [0.717, 1.165) is 26.1 Å². The molecule has 2 fully saturated rings. The van der Waals surface area contributed by atoms with Crippen LogP contribution in [0, 0.1) is 11.8 Å². The lowest BCUT2D eigenvalue weighted by molar-refractivity contribution is -0.154. The quantitative estimate of drug-likeness (QED) is 0.608. The van der Waals surface area contributed by atoms with Crippen molar-refractivity contribution < 1.29 is 4.79 Å². The lowest BCUT2D eigenvalue weighted by Crippen LogP contribution is -2.64. The molecule has 0 radical (unpaired) electrons. The van der Waals surface area contributed by atoms with Crippen LogP contribution in [0.15, 0.2) is 0 Å². The average molecular weight is 211 g/mol. The van der Waals surface area contributed by atoms with Crippen LogP contribution < -0.4 is 10.7 Å². The summed E-state index contributed by atoms with van der Waals surface area (Å²) in [5.41, 5.74) is 3.13. The molecule has 2 rings (SSSR count). The third kappa shape index (κ3) is 2.01. The molecule has 2 heterocycles. The predicted octanol–water partition coefficient (Wildman–Crippen LogP) is 0.357. The Hall–Kier alpha value is -0.610. The summed E-state index contributed by atoms with van der Waals surface area (Å²) in [5.74, 6) is 0.983. The molecule has 0 spiro atoms. The van der Waals surface area contributed by atoms with Crippen molar-refractivity contribution >= 4 is 5.91 Å². The van der Waals surface area contributed by atoms with Crippen LogP contribution in [0.3, 0.4) is 0 Å². The number of hydrogen-bond donors (Lipinski definition) is 2. The van der Waals surface area contributed by atoms with Gasteiger partial charge in [0.25, 0.3) is 0 Å². The number of amides is 1. The monoisotopic (exact) mass is 211 g/mol. The summed E-state index contributed by atoms with van der Waals surface area (Å²) in [6, 6.07) is 0. The largest absolute Gasteiger partial charge is 0.316 e. The molecule has 0 aromatic carbocycles. The third-order valence-corrected chi connectivity index (χ3v) is 3.33. The lowest BCUT2D eigenvalue weighted by Gasteiger charge is -2.46. The Morgan fingerprint density at radius 1 is 1.33 bits per heavy atom. The molecule has 2 saturated heterocycles. The van der Waals surface area contributed by atoms with E-state index >= 15 is 0 Å². The van der Waals surface area contributed by atoms with Gasteiger partial charge in [-0.25, -0.2) is 5.43 Å². The van der Waals surface area contributed by atoms with Crippen molar-refractivity contribution in [2.24, 2.45) is 11.8 Å². The van der Waals surface area contributed by atoms with E-state index in [1.165, 1.54) is 0 Å². The molecule has 4 heteroatoms. The Morgan fingerprint density at radius 2 is 2.07 bits per heavy atom. The van der Waals surface area contributed by atoms with Crippen molar-refractivity contribution in [3.8, 4) is 0 Å². The first-order valence-electron chi connectivity index (χ1n) is 5.78. The van der Waals surface area contributed by atoms with Crippen molar-refractivity contribution in [1.82, 2.24) is 15.8 Å². The van der Waals surface area contributed by atoms with Gasteiger partial charge >= 0.3 is 0 Å².